The molecule has 33 heavy (non-hydrogen) atoms. The van der Waals surface area contributed by atoms with Crippen LogP contribution in [0.25, 0.3) is 0 Å². The SMILES string of the molecule is O=S(=O)(Nc1ccccc1C([O-])=Nc1ccccc1N1CCOCC1)c1cc(Cl)ccc1Cl. The van der Waals surface area contributed by atoms with E-state index in [0.717, 1.165) is 5.69 Å². The fraction of sp³-hybridized carbons (Fsp3) is 0.174. The number of morpholine rings is 1. The van der Waals surface area contributed by atoms with Gasteiger partial charge in [0.15, 0.2) is 0 Å². The zero-order valence-corrected chi connectivity index (χ0v) is 19.7. The van der Waals surface area contributed by atoms with Crippen molar-refractivity contribution in [3.8, 4) is 0 Å². The van der Waals surface area contributed by atoms with E-state index in [9.17, 15) is 13.5 Å². The Morgan fingerprint density at radius 3 is 2.48 bits per heavy atom. The molecule has 172 valence electrons. The summed E-state index contributed by atoms with van der Waals surface area (Å²) in [6.45, 7) is 2.58. The minimum absolute atomic E-state index is 0.0137. The molecule has 1 saturated heterocycles. The molecule has 3 aromatic rings. The summed E-state index contributed by atoms with van der Waals surface area (Å²) >= 11 is 12.0. The first-order valence-electron chi connectivity index (χ1n) is 10.1. The van der Waals surface area contributed by atoms with E-state index in [2.05, 4.69) is 14.6 Å². The molecule has 1 fully saturated rings. The molecule has 0 unspecified atom stereocenters. The zero-order valence-electron chi connectivity index (χ0n) is 17.4. The van der Waals surface area contributed by atoms with Gasteiger partial charge in [-0.1, -0.05) is 53.5 Å². The van der Waals surface area contributed by atoms with Gasteiger partial charge in [-0.3, -0.25) is 9.71 Å². The van der Waals surface area contributed by atoms with E-state index in [1.165, 1.54) is 30.3 Å². The predicted octanol–water partition coefficient (Wildman–Crippen LogP) is 4.07. The van der Waals surface area contributed by atoms with Crippen LogP contribution in [-0.2, 0) is 14.8 Å². The van der Waals surface area contributed by atoms with Crippen molar-refractivity contribution < 1.29 is 18.3 Å². The number of benzene rings is 3. The molecule has 1 heterocycles. The lowest BCUT2D eigenvalue weighted by molar-refractivity contribution is -0.212. The zero-order chi connectivity index (χ0) is 23.4. The first kappa shape index (κ1) is 23.4. The van der Waals surface area contributed by atoms with Gasteiger partial charge in [0.25, 0.3) is 10.0 Å². The van der Waals surface area contributed by atoms with Crippen LogP contribution in [0.4, 0.5) is 17.1 Å². The number of ether oxygens (including phenoxy) is 1. The summed E-state index contributed by atoms with van der Waals surface area (Å²) in [4.78, 5) is 6.21. The second-order valence-electron chi connectivity index (χ2n) is 7.23. The van der Waals surface area contributed by atoms with Crippen molar-refractivity contribution in [2.75, 3.05) is 35.9 Å². The quantitative estimate of drug-likeness (QED) is 0.403. The number of nitrogens with one attached hydrogen (secondary N) is 1. The number of hydrogen-bond acceptors (Lipinski definition) is 6. The maximum absolute atomic E-state index is 13.1. The number of rotatable bonds is 6. The van der Waals surface area contributed by atoms with Crippen LogP contribution >= 0.6 is 23.2 Å². The number of hydrogen-bond donors (Lipinski definition) is 1. The maximum atomic E-state index is 13.1. The fourth-order valence-corrected chi connectivity index (χ4v) is 5.28. The molecule has 0 atom stereocenters. The predicted molar refractivity (Wildman–Crippen MR) is 129 cm³/mol. The molecule has 0 spiro atoms. The van der Waals surface area contributed by atoms with Crippen molar-refractivity contribution in [2.45, 2.75) is 4.90 Å². The molecule has 10 heteroatoms. The normalized spacial score (nSPS) is 14.8. The molecule has 1 aliphatic heterocycles. The highest BCUT2D eigenvalue weighted by molar-refractivity contribution is 7.92. The monoisotopic (exact) mass is 504 g/mol. The molecule has 0 saturated carbocycles. The summed E-state index contributed by atoms with van der Waals surface area (Å²) in [7, 11) is -4.10. The van der Waals surface area contributed by atoms with Crippen LogP contribution in [0.1, 0.15) is 5.56 Å². The molecule has 1 aliphatic rings. The Hall–Kier alpha value is -2.78. The lowest BCUT2D eigenvalue weighted by Crippen LogP contribution is -2.36. The van der Waals surface area contributed by atoms with Gasteiger partial charge in [0.05, 0.1) is 35.3 Å². The Balaban J connectivity index is 1.68. The Bertz CT molecular complexity index is 1290. The number of para-hydroxylation sites is 3. The molecule has 0 aliphatic carbocycles. The van der Waals surface area contributed by atoms with Crippen LogP contribution in [0.2, 0.25) is 10.0 Å². The van der Waals surface area contributed by atoms with Gasteiger partial charge in [-0.2, -0.15) is 0 Å². The molecule has 4 rings (SSSR count). The Morgan fingerprint density at radius 1 is 1.00 bits per heavy atom. The van der Waals surface area contributed by atoms with Crippen molar-refractivity contribution in [3.05, 3.63) is 82.3 Å². The largest absolute Gasteiger partial charge is 0.858 e. The highest BCUT2D eigenvalue weighted by Gasteiger charge is 2.20. The third-order valence-electron chi connectivity index (χ3n) is 5.04. The Morgan fingerprint density at radius 2 is 1.70 bits per heavy atom. The van der Waals surface area contributed by atoms with Gasteiger partial charge in [0.2, 0.25) is 0 Å². The molecular formula is C23H20Cl2N3O4S-. The van der Waals surface area contributed by atoms with Gasteiger partial charge >= 0.3 is 0 Å². The lowest BCUT2D eigenvalue weighted by Gasteiger charge is -2.30. The van der Waals surface area contributed by atoms with E-state index in [-0.39, 0.29) is 26.2 Å². The molecule has 3 aromatic carbocycles. The van der Waals surface area contributed by atoms with Crippen molar-refractivity contribution >= 4 is 56.2 Å². The third kappa shape index (κ3) is 5.42. The second-order valence-corrected chi connectivity index (χ2v) is 9.73. The number of anilines is 2. The van der Waals surface area contributed by atoms with E-state index in [4.69, 9.17) is 27.9 Å². The molecular weight excluding hydrogens is 485 g/mol. The highest BCUT2D eigenvalue weighted by atomic mass is 35.5. The number of halogens is 2. The molecule has 1 N–H and O–H groups in total. The summed E-state index contributed by atoms with van der Waals surface area (Å²) in [5.74, 6) is -0.578. The van der Waals surface area contributed by atoms with Gasteiger partial charge in [-0.25, -0.2) is 8.42 Å². The highest BCUT2D eigenvalue weighted by Crippen LogP contribution is 2.31. The fourth-order valence-electron chi connectivity index (χ4n) is 3.44. The summed E-state index contributed by atoms with van der Waals surface area (Å²) in [6, 6.07) is 17.7. The second kappa shape index (κ2) is 10.0. The van der Waals surface area contributed by atoms with Crippen molar-refractivity contribution in [3.63, 3.8) is 0 Å². The van der Waals surface area contributed by atoms with E-state index in [0.29, 0.717) is 32.0 Å². The Labute approximate surface area is 202 Å². The lowest BCUT2D eigenvalue weighted by atomic mass is 10.1. The average Bonchev–Trinajstić information content (AvgIpc) is 2.81. The van der Waals surface area contributed by atoms with E-state index in [1.54, 1.807) is 24.3 Å². The topological polar surface area (TPSA) is 94.1 Å². The molecule has 0 bridgehead atoms. The van der Waals surface area contributed by atoms with Crippen LogP contribution in [0.15, 0.2) is 76.6 Å². The van der Waals surface area contributed by atoms with Gasteiger partial charge in [-0.15, -0.1) is 0 Å². The standard InChI is InChI=1S/C23H21Cl2N3O4S/c24-16-9-10-18(25)22(15-16)33(30,31)27-19-6-2-1-5-17(19)23(29)26-20-7-3-4-8-21(20)28-11-13-32-14-12-28/h1-10,15,27H,11-14H2,(H,26,29)/p-1. The summed E-state index contributed by atoms with van der Waals surface area (Å²) < 4.78 is 33.7. The molecule has 0 amide bonds. The van der Waals surface area contributed by atoms with Crippen molar-refractivity contribution in [1.29, 1.82) is 0 Å². The number of aliphatic imine (C=N–C) groups is 1. The van der Waals surface area contributed by atoms with E-state index in [1.807, 2.05) is 12.1 Å². The van der Waals surface area contributed by atoms with Crippen molar-refractivity contribution in [2.24, 2.45) is 4.99 Å². The first-order chi connectivity index (χ1) is 15.8. The van der Waals surface area contributed by atoms with Crippen LogP contribution in [0.3, 0.4) is 0 Å². The van der Waals surface area contributed by atoms with Crippen LogP contribution in [0, 0.1) is 0 Å². The number of sulfonamides is 1. The summed E-state index contributed by atoms with van der Waals surface area (Å²) in [6.07, 6.45) is 0. The summed E-state index contributed by atoms with van der Waals surface area (Å²) in [5, 5.41) is 13.4. The summed E-state index contributed by atoms with van der Waals surface area (Å²) in [5.41, 5.74) is 1.51. The van der Waals surface area contributed by atoms with Gasteiger partial charge in [0, 0.05) is 23.7 Å². The van der Waals surface area contributed by atoms with E-state index >= 15 is 0 Å². The van der Waals surface area contributed by atoms with Crippen LogP contribution in [-0.4, -0.2) is 40.6 Å². The van der Waals surface area contributed by atoms with Crippen LogP contribution < -0.4 is 14.7 Å². The van der Waals surface area contributed by atoms with Gasteiger partial charge in [0.1, 0.15) is 4.90 Å². The van der Waals surface area contributed by atoms with Gasteiger partial charge < -0.3 is 14.7 Å². The Kier molecular flexibility index (Phi) is 7.09. The van der Waals surface area contributed by atoms with Crippen LogP contribution in [0.5, 0.6) is 0 Å². The smallest absolute Gasteiger partial charge is 0.263 e. The molecule has 0 radical (unpaired) electrons. The minimum Gasteiger partial charge on any atom is -0.858 e. The van der Waals surface area contributed by atoms with Crippen molar-refractivity contribution in [1.82, 2.24) is 0 Å². The van der Waals surface area contributed by atoms with E-state index < -0.39 is 15.9 Å². The first-order valence-corrected chi connectivity index (χ1v) is 12.3. The third-order valence-corrected chi connectivity index (χ3v) is 7.12. The maximum Gasteiger partial charge on any atom is 0.263 e. The minimum atomic E-state index is -4.10. The average molecular weight is 505 g/mol. The molecule has 0 aromatic heterocycles. The van der Waals surface area contributed by atoms with Gasteiger partial charge in [-0.05, 0) is 42.3 Å². The number of nitrogens with zero attached hydrogens (tertiary/aromatic N) is 2. The molecule has 7 nitrogen and oxygen atoms in total.